The molecule has 1 aliphatic rings. The van der Waals surface area contributed by atoms with Crippen LogP contribution in [0.2, 0.25) is 0 Å². The van der Waals surface area contributed by atoms with Crippen LogP contribution in [0.25, 0.3) is 22.2 Å². The molecule has 23 heavy (non-hydrogen) atoms. The van der Waals surface area contributed by atoms with Crippen LogP contribution in [0.1, 0.15) is 0 Å². The standard InChI is InChI=1S/C16H17N5O.ClH/c1-2-4-15-13(3-1)14(5-6-18-15)16-11-21(20-19-16)10-12-9-17-7-8-22-12;/h1-6,11-12,17H,7-10H2;1H. The molecule has 0 radical (unpaired) electrons. The van der Waals surface area contributed by atoms with Crippen LogP contribution >= 0.6 is 12.4 Å². The molecule has 3 heterocycles. The lowest BCUT2D eigenvalue weighted by atomic mass is 10.1. The van der Waals surface area contributed by atoms with Crippen molar-refractivity contribution < 1.29 is 4.74 Å². The monoisotopic (exact) mass is 331 g/mol. The molecule has 120 valence electrons. The van der Waals surface area contributed by atoms with Gasteiger partial charge in [0.25, 0.3) is 0 Å². The first-order valence-electron chi connectivity index (χ1n) is 7.47. The predicted octanol–water partition coefficient (Wildman–Crippen LogP) is 1.90. The fraction of sp³-hybridized carbons (Fsp3) is 0.312. The second-order valence-corrected chi connectivity index (χ2v) is 5.40. The Morgan fingerprint density at radius 1 is 1.26 bits per heavy atom. The Morgan fingerprint density at radius 2 is 2.17 bits per heavy atom. The van der Waals surface area contributed by atoms with E-state index in [0.29, 0.717) is 6.54 Å². The van der Waals surface area contributed by atoms with Gasteiger partial charge < -0.3 is 10.1 Å². The maximum absolute atomic E-state index is 5.71. The Kier molecular flexibility index (Phi) is 4.85. The molecule has 1 fully saturated rings. The number of halogens is 1. The highest BCUT2D eigenvalue weighted by atomic mass is 35.5. The van der Waals surface area contributed by atoms with Crippen molar-refractivity contribution in [1.29, 1.82) is 0 Å². The van der Waals surface area contributed by atoms with Crippen molar-refractivity contribution in [2.24, 2.45) is 0 Å². The molecule has 1 saturated heterocycles. The quantitative estimate of drug-likeness (QED) is 0.794. The lowest BCUT2D eigenvalue weighted by molar-refractivity contribution is 0.0158. The summed E-state index contributed by atoms with van der Waals surface area (Å²) in [6, 6.07) is 10.0. The third-order valence-electron chi connectivity index (χ3n) is 3.86. The summed E-state index contributed by atoms with van der Waals surface area (Å²) >= 11 is 0. The number of hydrogen-bond donors (Lipinski definition) is 1. The van der Waals surface area contributed by atoms with Crippen molar-refractivity contribution in [2.45, 2.75) is 12.6 Å². The van der Waals surface area contributed by atoms with E-state index in [-0.39, 0.29) is 18.5 Å². The van der Waals surface area contributed by atoms with Gasteiger partial charge in [-0.15, -0.1) is 17.5 Å². The van der Waals surface area contributed by atoms with Gasteiger partial charge >= 0.3 is 0 Å². The van der Waals surface area contributed by atoms with Gasteiger partial charge in [-0.25, -0.2) is 4.68 Å². The Bertz CT molecular complexity index is 779. The van der Waals surface area contributed by atoms with Crippen LogP contribution in [0.3, 0.4) is 0 Å². The van der Waals surface area contributed by atoms with Gasteiger partial charge in [-0.1, -0.05) is 23.4 Å². The maximum Gasteiger partial charge on any atom is 0.113 e. The van der Waals surface area contributed by atoms with Crippen molar-refractivity contribution in [1.82, 2.24) is 25.3 Å². The van der Waals surface area contributed by atoms with Crippen molar-refractivity contribution in [3.05, 3.63) is 42.7 Å². The summed E-state index contributed by atoms with van der Waals surface area (Å²) < 4.78 is 7.56. The van der Waals surface area contributed by atoms with E-state index in [4.69, 9.17) is 4.74 Å². The Labute approximate surface area is 140 Å². The molecule has 2 aromatic heterocycles. The highest BCUT2D eigenvalue weighted by Crippen LogP contribution is 2.25. The van der Waals surface area contributed by atoms with Crippen LogP contribution in [0.4, 0.5) is 0 Å². The average molecular weight is 332 g/mol. The summed E-state index contributed by atoms with van der Waals surface area (Å²) in [5.74, 6) is 0. The van der Waals surface area contributed by atoms with E-state index < -0.39 is 0 Å². The van der Waals surface area contributed by atoms with Crippen molar-refractivity contribution >= 4 is 23.3 Å². The van der Waals surface area contributed by atoms with Crippen molar-refractivity contribution in [2.75, 3.05) is 19.7 Å². The fourth-order valence-corrected chi connectivity index (χ4v) is 2.78. The number of morpholine rings is 1. The molecule has 0 amide bonds. The van der Waals surface area contributed by atoms with E-state index in [0.717, 1.165) is 41.9 Å². The molecule has 1 aliphatic heterocycles. The van der Waals surface area contributed by atoms with Gasteiger partial charge in [0.05, 0.1) is 31.0 Å². The van der Waals surface area contributed by atoms with Crippen LogP contribution in [-0.4, -0.2) is 45.8 Å². The second-order valence-electron chi connectivity index (χ2n) is 5.40. The highest BCUT2D eigenvalue weighted by Gasteiger charge is 2.15. The molecule has 6 nitrogen and oxygen atoms in total. The molecule has 3 aromatic rings. The first-order chi connectivity index (χ1) is 10.9. The SMILES string of the molecule is Cl.c1ccc2c(-c3cn(CC4CNCCO4)nn3)ccnc2c1. The number of benzene rings is 1. The third kappa shape index (κ3) is 3.34. The molecule has 1 aromatic carbocycles. The number of pyridine rings is 1. The second kappa shape index (κ2) is 7.04. The number of nitrogens with zero attached hydrogens (tertiary/aromatic N) is 4. The van der Waals surface area contributed by atoms with Crippen LogP contribution in [0.15, 0.2) is 42.7 Å². The Balaban J connectivity index is 0.00000156. The summed E-state index contributed by atoms with van der Waals surface area (Å²) in [6.07, 6.45) is 3.93. The zero-order valence-electron chi connectivity index (χ0n) is 12.6. The minimum absolute atomic E-state index is 0. The molecule has 0 aliphatic carbocycles. The Hall–Kier alpha value is -2.02. The van der Waals surface area contributed by atoms with E-state index in [1.54, 1.807) is 0 Å². The molecule has 1 N–H and O–H groups in total. The fourth-order valence-electron chi connectivity index (χ4n) is 2.78. The number of ether oxygens (including phenoxy) is 1. The summed E-state index contributed by atoms with van der Waals surface area (Å²) in [5.41, 5.74) is 2.89. The summed E-state index contributed by atoms with van der Waals surface area (Å²) in [4.78, 5) is 4.38. The van der Waals surface area contributed by atoms with Crippen LogP contribution < -0.4 is 5.32 Å². The van der Waals surface area contributed by atoms with Crippen molar-refractivity contribution in [3.8, 4) is 11.3 Å². The number of hydrogen-bond acceptors (Lipinski definition) is 5. The first-order valence-corrected chi connectivity index (χ1v) is 7.47. The molecular weight excluding hydrogens is 314 g/mol. The molecule has 0 spiro atoms. The zero-order valence-corrected chi connectivity index (χ0v) is 13.4. The van der Waals surface area contributed by atoms with Gasteiger partial charge in [-0.2, -0.15) is 0 Å². The van der Waals surface area contributed by atoms with Gasteiger partial charge in [0.1, 0.15) is 5.69 Å². The molecule has 7 heteroatoms. The number of aromatic nitrogens is 4. The number of para-hydroxylation sites is 1. The van der Waals surface area contributed by atoms with Crippen molar-refractivity contribution in [3.63, 3.8) is 0 Å². The van der Waals surface area contributed by atoms with E-state index in [1.807, 2.05) is 41.3 Å². The number of fused-ring (bicyclic) bond motifs is 1. The van der Waals surface area contributed by atoms with Crippen LogP contribution in [0, 0.1) is 0 Å². The lowest BCUT2D eigenvalue weighted by Gasteiger charge is -2.23. The number of rotatable bonds is 3. The summed E-state index contributed by atoms with van der Waals surface area (Å²) in [7, 11) is 0. The van der Waals surface area contributed by atoms with Gasteiger partial charge in [-0.05, 0) is 12.1 Å². The number of nitrogens with one attached hydrogen (secondary N) is 1. The molecule has 0 saturated carbocycles. The summed E-state index contributed by atoms with van der Waals surface area (Å²) in [6.45, 7) is 3.24. The predicted molar refractivity (Wildman–Crippen MR) is 90.6 cm³/mol. The molecular formula is C16H18ClN5O. The Morgan fingerprint density at radius 3 is 3.04 bits per heavy atom. The normalized spacial score (nSPS) is 17.8. The van der Waals surface area contributed by atoms with E-state index in [2.05, 4.69) is 26.7 Å². The lowest BCUT2D eigenvalue weighted by Crippen LogP contribution is -2.40. The molecule has 1 atom stereocenters. The van der Waals surface area contributed by atoms with Gasteiger partial charge in [0.15, 0.2) is 0 Å². The van der Waals surface area contributed by atoms with Crippen LogP contribution in [0.5, 0.6) is 0 Å². The topological polar surface area (TPSA) is 64.9 Å². The van der Waals surface area contributed by atoms with E-state index in [9.17, 15) is 0 Å². The molecule has 1 unspecified atom stereocenters. The van der Waals surface area contributed by atoms with E-state index >= 15 is 0 Å². The molecule has 0 bridgehead atoms. The zero-order chi connectivity index (χ0) is 14.8. The van der Waals surface area contributed by atoms with Gasteiger partial charge in [0.2, 0.25) is 0 Å². The minimum Gasteiger partial charge on any atom is -0.374 e. The van der Waals surface area contributed by atoms with Gasteiger partial charge in [0, 0.05) is 30.2 Å². The third-order valence-corrected chi connectivity index (χ3v) is 3.86. The summed E-state index contributed by atoms with van der Waals surface area (Å²) in [5, 5.41) is 13.0. The smallest absolute Gasteiger partial charge is 0.113 e. The average Bonchev–Trinajstić information content (AvgIpc) is 3.03. The van der Waals surface area contributed by atoms with E-state index in [1.165, 1.54) is 0 Å². The first kappa shape index (κ1) is 15.9. The van der Waals surface area contributed by atoms with Crippen LogP contribution in [-0.2, 0) is 11.3 Å². The highest BCUT2D eigenvalue weighted by molar-refractivity contribution is 5.92. The largest absolute Gasteiger partial charge is 0.374 e. The maximum atomic E-state index is 5.71. The minimum atomic E-state index is 0. The van der Waals surface area contributed by atoms with Gasteiger partial charge in [-0.3, -0.25) is 4.98 Å². The molecule has 4 rings (SSSR count).